The van der Waals surface area contributed by atoms with Crippen molar-refractivity contribution in [3.8, 4) is 5.75 Å². The van der Waals surface area contributed by atoms with Gasteiger partial charge in [0.15, 0.2) is 11.4 Å². The second kappa shape index (κ2) is 8.80. The fourth-order valence-corrected chi connectivity index (χ4v) is 8.44. The Morgan fingerprint density at radius 1 is 1.12 bits per heavy atom. The number of anilines is 1. The molecule has 7 rings (SSSR count). The first kappa shape index (κ1) is 26.5. The number of amides is 1. The Bertz CT molecular complexity index is 1450. The fourth-order valence-electron chi connectivity index (χ4n) is 8.44. The Labute approximate surface area is 236 Å². The summed E-state index contributed by atoms with van der Waals surface area (Å²) in [6.45, 7) is 2.97. The lowest BCUT2D eigenvalue weighted by molar-refractivity contribution is -0.193. The van der Waals surface area contributed by atoms with E-state index in [1.165, 1.54) is 6.07 Å². The number of benzene rings is 1. The number of ketones is 2. The summed E-state index contributed by atoms with van der Waals surface area (Å²) in [7, 11) is 1.74. The number of ether oxygens (including phenoxy) is 1. The number of aromatic hydroxyl groups is 1. The zero-order valence-corrected chi connectivity index (χ0v) is 22.9. The predicted octanol–water partition coefficient (Wildman–Crippen LogP) is 1.11. The minimum Gasteiger partial charge on any atom is -0.508 e. The molecule has 0 radical (unpaired) electrons. The van der Waals surface area contributed by atoms with Gasteiger partial charge in [0.2, 0.25) is 5.78 Å². The predicted molar refractivity (Wildman–Crippen MR) is 146 cm³/mol. The van der Waals surface area contributed by atoms with E-state index in [1.807, 2.05) is 11.0 Å². The third kappa shape index (κ3) is 3.45. The highest BCUT2D eigenvalue weighted by Gasteiger charge is 2.65. The molecule has 2 saturated heterocycles. The Balaban J connectivity index is 1.34. The minimum atomic E-state index is -2.64. The van der Waals surface area contributed by atoms with Crippen LogP contribution in [0.1, 0.15) is 43.2 Å². The van der Waals surface area contributed by atoms with Crippen LogP contribution in [-0.2, 0) is 25.5 Å². The number of carbonyl (C=O) groups excluding carboxylic acids is 3. The van der Waals surface area contributed by atoms with Crippen LogP contribution >= 0.6 is 0 Å². The van der Waals surface area contributed by atoms with Crippen molar-refractivity contribution in [2.24, 2.45) is 23.0 Å². The number of phenols is 1. The van der Waals surface area contributed by atoms with Gasteiger partial charge in [-0.25, -0.2) is 0 Å². The average molecular weight is 566 g/mol. The van der Waals surface area contributed by atoms with Gasteiger partial charge in [0.1, 0.15) is 22.8 Å². The summed E-state index contributed by atoms with van der Waals surface area (Å²) < 4.78 is 5.38. The van der Waals surface area contributed by atoms with E-state index in [-0.39, 0.29) is 34.8 Å². The molecule has 2 heterocycles. The minimum absolute atomic E-state index is 0.0438. The van der Waals surface area contributed by atoms with Crippen molar-refractivity contribution in [1.29, 1.82) is 0 Å². The Morgan fingerprint density at radius 3 is 2.41 bits per heavy atom. The van der Waals surface area contributed by atoms with Crippen molar-refractivity contribution in [2.45, 2.75) is 56.2 Å². The average Bonchev–Trinajstić information content (AvgIpc) is 3.39. The number of hydrogen-bond donors (Lipinski definition) is 5. The van der Waals surface area contributed by atoms with Crippen LogP contribution in [-0.4, -0.2) is 93.8 Å². The second-order valence-corrected chi connectivity index (χ2v) is 12.9. The molecule has 2 saturated carbocycles. The molecule has 2 aliphatic heterocycles. The van der Waals surface area contributed by atoms with Gasteiger partial charge in [-0.1, -0.05) is 0 Å². The number of rotatable bonds is 4. The van der Waals surface area contributed by atoms with E-state index >= 15 is 0 Å². The smallest absolute Gasteiger partial charge is 0.255 e. The van der Waals surface area contributed by atoms with Crippen molar-refractivity contribution in [3.63, 3.8) is 0 Å². The van der Waals surface area contributed by atoms with Gasteiger partial charge in [0.25, 0.3) is 5.91 Å². The molecule has 6 N–H and O–H groups in total. The van der Waals surface area contributed by atoms with Crippen LogP contribution in [0.4, 0.5) is 5.69 Å². The maximum absolute atomic E-state index is 14.2. The van der Waals surface area contributed by atoms with Gasteiger partial charge in [-0.3, -0.25) is 19.3 Å². The summed E-state index contributed by atoms with van der Waals surface area (Å²) >= 11 is 0. The second-order valence-electron chi connectivity index (χ2n) is 12.9. The van der Waals surface area contributed by atoms with Crippen LogP contribution in [0.25, 0.3) is 5.76 Å². The zero-order valence-electron chi connectivity index (χ0n) is 22.9. The number of Topliss-reactive ketones (excluding diaryl/α,β-unsaturated/α-hetero) is 2. The number of primary amides is 1. The number of hydrogen-bond acceptors (Lipinski definition) is 10. The molecule has 218 valence electrons. The molecule has 4 unspecified atom stereocenters. The molecular weight excluding hydrogens is 530 g/mol. The fraction of sp³-hybridized carbons (Fsp3) is 0.567. The van der Waals surface area contributed by atoms with Crippen LogP contribution in [0.2, 0.25) is 0 Å². The standard InChI is InChI=1S/C30H35N3O8/c1-32(15-10-29(11-15)12-41-13-29)23-17-9-14-8-16-18(33-6-2-3-7-33)4-5-19(34)21(16)24(35)20(14)26(37)30(17,40)27(38)22(25(23)36)28(31)39/h4-5,14-15,17,23,34-35,38,40H,2-3,6-13H2,1H3,(H2,31,39). The van der Waals surface area contributed by atoms with E-state index in [0.29, 0.717) is 25.2 Å². The van der Waals surface area contributed by atoms with Crippen molar-refractivity contribution in [1.82, 2.24) is 4.90 Å². The van der Waals surface area contributed by atoms with Crippen molar-refractivity contribution >= 4 is 28.9 Å². The number of carbonyl (C=O) groups is 3. The molecule has 11 nitrogen and oxygen atoms in total. The van der Waals surface area contributed by atoms with Gasteiger partial charge in [0, 0.05) is 41.7 Å². The third-order valence-corrected chi connectivity index (χ3v) is 10.6. The molecule has 0 aromatic heterocycles. The van der Waals surface area contributed by atoms with Gasteiger partial charge < -0.3 is 35.8 Å². The monoisotopic (exact) mass is 565 g/mol. The molecule has 4 atom stereocenters. The first-order valence-corrected chi connectivity index (χ1v) is 14.4. The van der Waals surface area contributed by atoms with Gasteiger partial charge in [-0.2, -0.15) is 0 Å². The van der Waals surface area contributed by atoms with E-state index in [0.717, 1.165) is 44.5 Å². The molecule has 4 fully saturated rings. The molecule has 4 aliphatic carbocycles. The summed E-state index contributed by atoms with van der Waals surface area (Å²) in [6.07, 6.45) is 3.99. The normalized spacial score (nSPS) is 32.6. The Morgan fingerprint density at radius 2 is 1.80 bits per heavy atom. The molecule has 1 aromatic rings. The number of nitrogens with two attached hydrogens (primary N) is 1. The van der Waals surface area contributed by atoms with Crippen LogP contribution in [0, 0.1) is 17.3 Å². The number of aliphatic hydroxyl groups excluding tert-OH is 2. The molecule has 41 heavy (non-hydrogen) atoms. The lowest BCUT2D eigenvalue weighted by Gasteiger charge is -2.58. The van der Waals surface area contributed by atoms with Crippen molar-refractivity contribution in [2.75, 3.05) is 38.3 Å². The highest BCUT2D eigenvalue weighted by atomic mass is 16.5. The highest BCUT2D eigenvalue weighted by molar-refractivity contribution is 6.24. The third-order valence-electron chi connectivity index (χ3n) is 10.6. The highest BCUT2D eigenvalue weighted by Crippen LogP contribution is 2.55. The molecular formula is C30H35N3O8. The van der Waals surface area contributed by atoms with Gasteiger partial charge in [-0.05, 0) is 69.2 Å². The van der Waals surface area contributed by atoms with E-state index in [9.17, 15) is 34.8 Å². The Kier molecular flexibility index (Phi) is 5.68. The quantitative estimate of drug-likeness (QED) is 0.333. The number of aliphatic hydroxyl groups is 3. The zero-order chi connectivity index (χ0) is 29.0. The summed E-state index contributed by atoms with van der Waals surface area (Å²) in [5.74, 6) is -6.30. The van der Waals surface area contributed by atoms with Gasteiger partial charge in [0.05, 0.1) is 24.8 Å². The van der Waals surface area contributed by atoms with E-state index in [1.54, 1.807) is 7.05 Å². The van der Waals surface area contributed by atoms with Crippen LogP contribution in [0.15, 0.2) is 29.0 Å². The van der Waals surface area contributed by atoms with Gasteiger partial charge in [-0.15, -0.1) is 0 Å². The van der Waals surface area contributed by atoms with E-state index in [4.69, 9.17) is 10.5 Å². The molecule has 1 spiro atoms. The summed E-state index contributed by atoms with van der Waals surface area (Å²) in [4.78, 5) is 44.4. The lowest BCUT2D eigenvalue weighted by atomic mass is 9.56. The molecule has 1 amide bonds. The number of fused-ring (bicyclic) bond motifs is 3. The number of likely N-dealkylation sites (N-methyl/N-ethyl adjacent to an activating group) is 1. The van der Waals surface area contributed by atoms with Crippen LogP contribution in [0.5, 0.6) is 5.75 Å². The number of phenolic OH excluding ortho intramolecular Hbond substituents is 1. The molecule has 1 aromatic carbocycles. The SMILES string of the molecule is CN(C1CC2(COC2)C1)C1C(=O)C(C(N)=O)=C(O)C2(O)C(=O)C3=C(O)c4c(O)ccc(N5CCCC5)c4CC3CC12. The number of nitrogens with zero attached hydrogens (tertiary/aromatic N) is 2. The van der Waals surface area contributed by atoms with Crippen LogP contribution < -0.4 is 10.6 Å². The first-order chi connectivity index (χ1) is 19.5. The summed E-state index contributed by atoms with van der Waals surface area (Å²) in [5, 5.41) is 45.5. The summed E-state index contributed by atoms with van der Waals surface area (Å²) in [5.41, 5.74) is 3.77. The molecule has 0 bridgehead atoms. The van der Waals surface area contributed by atoms with Gasteiger partial charge >= 0.3 is 0 Å². The lowest BCUT2D eigenvalue weighted by Crippen LogP contribution is -2.69. The maximum Gasteiger partial charge on any atom is 0.255 e. The molecule has 6 aliphatic rings. The summed E-state index contributed by atoms with van der Waals surface area (Å²) in [6, 6.07) is 2.18. The maximum atomic E-state index is 14.2. The topological polar surface area (TPSA) is 174 Å². The van der Waals surface area contributed by atoms with Crippen molar-refractivity contribution in [3.05, 3.63) is 40.2 Å². The van der Waals surface area contributed by atoms with E-state index in [2.05, 4.69) is 4.90 Å². The molecule has 11 heteroatoms. The van der Waals surface area contributed by atoms with Crippen molar-refractivity contribution < 1.29 is 39.5 Å². The Hall–Kier alpha value is -3.41. The largest absolute Gasteiger partial charge is 0.508 e. The first-order valence-electron chi connectivity index (χ1n) is 14.4. The van der Waals surface area contributed by atoms with E-state index < -0.39 is 58.0 Å². The van der Waals surface area contributed by atoms with Crippen LogP contribution in [0.3, 0.4) is 0 Å².